The van der Waals surface area contributed by atoms with E-state index in [2.05, 4.69) is 10.4 Å². The van der Waals surface area contributed by atoms with Gasteiger partial charge < -0.3 is 15.2 Å². The van der Waals surface area contributed by atoms with E-state index in [1.54, 1.807) is 0 Å². The van der Waals surface area contributed by atoms with Gasteiger partial charge in [-0.15, -0.1) is 5.10 Å². The number of hydrazone groups is 1. The van der Waals surface area contributed by atoms with Crippen LogP contribution in [0.15, 0.2) is 59.7 Å². The number of hydrogen-bond acceptors (Lipinski definition) is 5. The van der Waals surface area contributed by atoms with Crippen molar-refractivity contribution in [3.63, 3.8) is 0 Å². The summed E-state index contributed by atoms with van der Waals surface area (Å²) in [5.41, 5.74) is 2.16. The summed E-state index contributed by atoms with van der Waals surface area (Å²) in [5.74, 6) is 0.0315. The van der Waals surface area contributed by atoms with E-state index in [1.807, 2.05) is 61.5 Å². The second-order valence-electron chi connectivity index (χ2n) is 11.9. The monoisotopic (exact) mass is 559 g/mol. The molecule has 2 fully saturated rings. The van der Waals surface area contributed by atoms with Crippen LogP contribution in [0.5, 0.6) is 0 Å². The molecule has 2 aromatic rings. The van der Waals surface area contributed by atoms with Gasteiger partial charge in [-0.05, 0) is 80.0 Å². The topological polar surface area (TPSA) is 108 Å². The van der Waals surface area contributed by atoms with Gasteiger partial charge in [-0.3, -0.25) is 14.4 Å². The zero-order valence-electron chi connectivity index (χ0n) is 23.9. The number of carboxylic acids is 1. The molecule has 2 aromatic carbocycles. The van der Waals surface area contributed by atoms with Crippen LogP contribution >= 0.6 is 0 Å². The Balaban J connectivity index is 1.23. The summed E-state index contributed by atoms with van der Waals surface area (Å²) in [6.07, 6.45) is 8.04. The van der Waals surface area contributed by atoms with Crippen LogP contribution in [-0.2, 0) is 25.7 Å². The lowest BCUT2D eigenvalue weighted by Gasteiger charge is -2.36. The fraction of sp³-hybridized carbons (Fsp3) is 0.515. The molecule has 41 heavy (non-hydrogen) atoms. The van der Waals surface area contributed by atoms with E-state index in [4.69, 9.17) is 4.74 Å². The van der Waals surface area contributed by atoms with Crippen LogP contribution in [0.25, 0.3) is 0 Å². The molecule has 8 heteroatoms. The number of nitrogens with one attached hydrogen (secondary N) is 1. The van der Waals surface area contributed by atoms with Gasteiger partial charge >= 0.3 is 5.97 Å². The maximum absolute atomic E-state index is 13.6. The summed E-state index contributed by atoms with van der Waals surface area (Å²) >= 11 is 0. The predicted octanol–water partition coefficient (Wildman–Crippen LogP) is 5.47. The van der Waals surface area contributed by atoms with Gasteiger partial charge in [0.15, 0.2) is 6.61 Å². The normalized spacial score (nSPS) is 23.9. The van der Waals surface area contributed by atoms with Crippen LogP contribution in [0.3, 0.4) is 0 Å². The average molecular weight is 560 g/mol. The summed E-state index contributed by atoms with van der Waals surface area (Å²) in [4.78, 5) is 37.9. The molecule has 2 N–H and O–H groups in total. The van der Waals surface area contributed by atoms with E-state index < -0.39 is 11.4 Å². The minimum Gasteiger partial charge on any atom is -0.481 e. The first-order valence-electron chi connectivity index (χ1n) is 15.1. The van der Waals surface area contributed by atoms with E-state index in [-0.39, 0.29) is 24.3 Å². The fourth-order valence-electron chi connectivity index (χ4n) is 6.68. The summed E-state index contributed by atoms with van der Waals surface area (Å²) in [6, 6.07) is 17.6. The number of amides is 2. The smallest absolute Gasteiger partial charge is 0.309 e. The van der Waals surface area contributed by atoms with E-state index in [0.29, 0.717) is 50.1 Å². The van der Waals surface area contributed by atoms with Gasteiger partial charge in [-0.25, -0.2) is 5.01 Å². The molecule has 1 aliphatic heterocycles. The molecule has 2 amide bonds. The molecule has 0 bridgehead atoms. The van der Waals surface area contributed by atoms with E-state index in [9.17, 15) is 19.5 Å². The Morgan fingerprint density at radius 3 is 2.37 bits per heavy atom. The molecule has 5 rings (SSSR count). The van der Waals surface area contributed by atoms with E-state index >= 15 is 0 Å². The molecule has 2 aliphatic carbocycles. The van der Waals surface area contributed by atoms with Crippen molar-refractivity contribution in [3.05, 3.63) is 71.3 Å². The van der Waals surface area contributed by atoms with Gasteiger partial charge in [0.2, 0.25) is 11.8 Å². The minimum atomic E-state index is -0.686. The Morgan fingerprint density at radius 1 is 1.05 bits per heavy atom. The third-order valence-corrected chi connectivity index (χ3v) is 9.44. The fourth-order valence-corrected chi connectivity index (χ4v) is 6.68. The van der Waals surface area contributed by atoms with Crippen LogP contribution < -0.4 is 5.32 Å². The number of ether oxygens (including phenoxy) is 1. The summed E-state index contributed by atoms with van der Waals surface area (Å²) < 4.78 is 5.56. The Morgan fingerprint density at radius 2 is 1.73 bits per heavy atom. The summed E-state index contributed by atoms with van der Waals surface area (Å²) in [6.45, 7) is 2.84. The second-order valence-corrected chi connectivity index (χ2v) is 11.9. The van der Waals surface area contributed by atoms with Gasteiger partial charge in [0.1, 0.15) is 0 Å². The highest BCUT2D eigenvalue weighted by atomic mass is 16.5. The summed E-state index contributed by atoms with van der Waals surface area (Å²) in [7, 11) is 0. The van der Waals surface area contributed by atoms with Crippen LogP contribution in [0.1, 0.15) is 87.3 Å². The Hall–Kier alpha value is -3.68. The Bertz CT molecular complexity index is 1250. The third-order valence-electron chi connectivity index (χ3n) is 9.44. The zero-order valence-corrected chi connectivity index (χ0v) is 23.9. The number of nitrogens with zero attached hydrogens (tertiary/aromatic N) is 2. The molecule has 1 unspecified atom stereocenters. The van der Waals surface area contributed by atoms with Crippen LogP contribution in [0.4, 0.5) is 0 Å². The lowest BCUT2D eigenvalue weighted by molar-refractivity contribution is -0.152. The highest BCUT2D eigenvalue weighted by molar-refractivity contribution is 5.97. The number of carbonyl (C=O) groups is 3. The zero-order chi connectivity index (χ0) is 28.8. The van der Waals surface area contributed by atoms with E-state index in [1.165, 1.54) is 5.01 Å². The molecule has 2 saturated carbocycles. The number of benzene rings is 2. The van der Waals surface area contributed by atoms with Crippen LogP contribution in [-0.4, -0.2) is 46.9 Å². The molecule has 0 aromatic heterocycles. The SMILES string of the molecule is CCC1(C(=O)O)CCC(CNC(=O)C(c2ccc(CN3N=C(c4ccccc4)OCC3=O)cc2)C2CCCC2)CC1. The molecule has 1 atom stereocenters. The van der Waals surface area contributed by atoms with Crippen molar-refractivity contribution in [1.82, 2.24) is 10.3 Å². The van der Waals surface area contributed by atoms with Crippen molar-refractivity contribution in [2.24, 2.45) is 22.4 Å². The molecule has 8 nitrogen and oxygen atoms in total. The molecule has 0 spiro atoms. The Kier molecular flexibility index (Phi) is 9.06. The first kappa shape index (κ1) is 28.8. The average Bonchev–Trinajstić information content (AvgIpc) is 3.53. The number of rotatable bonds is 10. The number of carbonyl (C=O) groups excluding carboxylic acids is 2. The minimum absolute atomic E-state index is 0.0491. The van der Waals surface area contributed by atoms with Gasteiger partial charge in [0.05, 0.1) is 17.9 Å². The number of hydrogen-bond donors (Lipinski definition) is 2. The predicted molar refractivity (Wildman–Crippen MR) is 156 cm³/mol. The molecular formula is C33H41N3O5. The van der Waals surface area contributed by atoms with Crippen LogP contribution in [0.2, 0.25) is 0 Å². The molecule has 218 valence electrons. The highest BCUT2D eigenvalue weighted by Crippen LogP contribution is 2.42. The lowest BCUT2D eigenvalue weighted by atomic mass is 9.69. The van der Waals surface area contributed by atoms with Crippen molar-refractivity contribution in [2.45, 2.75) is 77.2 Å². The molecule has 1 heterocycles. The molecular weight excluding hydrogens is 518 g/mol. The second kappa shape index (κ2) is 12.9. The quantitative estimate of drug-likeness (QED) is 0.401. The number of aliphatic carboxylic acids is 1. The number of carboxylic acid groups (broad SMARTS) is 1. The molecule has 0 saturated heterocycles. The van der Waals surface area contributed by atoms with Crippen LogP contribution in [0, 0.1) is 17.3 Å². The van der Waals surface area contributed by atoms with Crippen molar-refractivity contribution in [2.75, 3.05) is 13.2 Å². The molecule has 3 aliphatic rings. The largest absolute Gasteiger partial charge is 0.481 e. The van der Waals surface area contributed by atoms with Gasteiger partial charge in [0.25, 0.3) is 5.91 Å². The van der Waals surface area contributed by atoms with Gasteiger partial charge in [-0.2, -0.15) is 0 Å². The Labute approximate surface area is 242 Å². The first-order chi connectivity index (χ1) is 19.9. The van der Waals surface area contributed by atoms with Gasteiger partial charge in [-0.1, -0.05) is 62.2 Å². The van der Waals surface area contributed by atoms with Crippen molar-refractivity contribution >= 4 is 23.7 Å². The maximum atomic E-state index is 13.6. The lowest BCUT2D eigenvalue weighted by Crippen LogP contribution is -2.40. The third kappa shape index (κ3) is 6.63. The van der Waals surface area contributed by atoms with Crippen molar-refractivity contribution < 1.29 is 24.2 Å². The van der Waals surface area contributed by atoms with E-state index in [0.717, 1.165) is 55.2 Å². The van der Waals surface area contributed by atoms with Gasteiger partial charge in [0, 0.05) is 12.1 Å². The maximum Gasteiger partial charge on any atom is 0.309 e. The first-order valence-corrected chi connectivity index (χ1v) is 15.1. The summed E-state index contributed by atoms with van der Waals surface area (Å²) in [5, 5.41) is 18.8. The highest BCUT2D eigenvalue weighted by Gasteiger charge is 2.40. The van der Waals surface area contributed by atoms with Crippen molar-refractivity contribution in [1.29, 1.82) is 0 Å². The standard InChI is InChI=1S/C33H41N3O5/c1-2-33(32(39)40)18-16-23(17-19-33)20-34-30(38)29(25-8-6-7-9-25)26-14-12-24(13-15-26)21-36-28(37)22-41-31(35-36)27-10-4-3-5-11-27/h3-5,10-15,23,25,29H,2,6-9,16-22H2,1H3,(H,34,38)(H,39,40). The van der Waals surface area contributed by atoms with Crippen molar-refractivity contribution in [3.8, 4) is 0 Å². The molecule has 0 radical (unpaired) electrons.